The van der Waals surface area contributed by atoms with E-state index in [1.807, 2.05) is 36.4 Å². The van der Waals surface area contributed by atoms with Crippen molar-refractivity contribution in [3.63, 3.8) is 0 Å². The highest BCUT2D eigenvalue weighted by Crippen LogP contribution is 2.25. The smallest absolute Gasteiger partial charge is 0.324 e. The number of hydrogen-bond acceptors (Lipinski definition) is 7. The van der Waals surface area contributed by atoms with E-state index in [0.29, 0.717) is 35.8 Å². The number of allylic oxidation sites excluding steroid dienone is 4. The minimum absolute atomic E-state index is 0.241. The van der Waals surface area contributed by atoms with Gasteiger partial charge in [0.1, 0.15) is 6.26 Å². The Labute approximate surface area is 246 Å². The van der Waals surface area contributed by atoms with Gasteiger partial charge in [-0.05, 0) is 55.3 Å². The monoisotopic (exact) mass is 570 g/mol. The molecule has 0 saturated carbocycles. The molecule has 2 aliphatic heterocycles. The standard InChI is InChI=1S/C32H38N6O4/c1-36-15-17-37(18-16-36)19-20-38(32(40)35-30-23-41-22-29(42-30)25-7-3-2-4-8-25)21-24-11-13-26(14-12-24)31(39)34-28-10-6-5-9-27(28)33/h2-3,5-7,9-14,22-23H,4,8,15-21,33H2,1H3,(H,34,39)(H,35,40). The van der Waals surface area contributed by atoms with Crippen molar-refractivity contribution in [1.82, 2.24) is 20.0 Å². The summed E-state index contributed by atoms with van der Waals surface area (Å²) in [6.07, 6.45) is 10.8. The molecule has 2 aromatic carbocycles. The van der Waals surface area contributed by atoms with Crippen molar-refractivity contribution in [3.05, 3.63) is 108 Å². The van der Waals surface area contributed by atoms with Crippen LogP contribution in [-0.4, -0.2) is 73.0 Å². The minimum Gasteiger partial charge on any atom is -0.463 e. The molecule has 2 aromatic rings. The second-order valence-electron chi connectivity index (χ2n) is 10.6. The summed E-state index contributed by atoms with van der Waals surface area (Å²) in [5.41, 5.74) is 9.44. The van der Waals surface area contributed by atoms with Crippen LogP contribution in [-0.2, 0) is 16.0 Å². The van der Waals surface area contributed by atoms with Crippen molar-refractivity contribution >= 4 is 23.3 Å². The number of carbonyl (C=O) groups excluding carboxylic acids is 2. The number of nitrogens with two attached hydrogens (primary N) is 1. The molecule has 2 heterocycles. The number of rotatable bonds is 9. The summed E-state index contributed by atoms with van der Waals surface area (Å²) in [7, 11) is 2.12. The Morgan fingerprint density at radius 3 is 2.52 bits per heavy atom. The van der Waals surface area contributed by atoms with Gasteiger partial charge in [0, 0.05) is 51.4 Å². The molecular formula is C32H38N6O4. The molecule has 3 aliphatic rings. The molecule has 0 atom stereocenters. The predicted octanol–water partition coefficient (Wildman–Crippen LogP) is 4.24. The van der Waals surface area contributed by atoms with E-state index in [4.69, 9.17) is 15.2 Å². The van der Waals surface area contributed by atoms with Crippen LogP contribution < -0.4 is 16.4 Å². The van der Waals surface area contributed by atoms with E-state index in [2.05, 4.69) is 33.6 Å². The number of likely N-dealkylation sites (N-methyl/N-ethyl adjacent to an activating group) is 1. The number of carbonyl (C=O) groups is 2. The predicted molar refractivity (Wildman–Crippen MR) is 163 cm³/mol. The first-order valence-electron chi connectivity index (χ1n) is 14.3. The van der Waals surface area contributed by atoms with Crippen molar-refractivity contribution in [2.45, 2.75) is 19.4 Å². The average molecular weight is 571 g/mol. The topological polar surface area (TPSA) is 112 Å². The lowest BCUT2D eigenvalue weighted by molar-refractivity contribution is 0.102. The van der Waals surface area contributed by atoms with Crippen LogP contribution in [0.1, 0.15) is 28.8 Å². The molecule has 1 fully saturated rings. The Bertz CT molecular complexity index is 1390. The number of amides is 3. The molecule has 10 nitrogen and oxygen atoms in total. The summed E-state index contributed by atoms with van der Waals surface area (Å²) < 4.78 is 11.5. The van der Waals surface area contributed by atoms with E-state index >= 15 is 0 Å². The van der Waals surface area contributed by atoms with Crippen molar-refractivity contribution in [2.75, 3.05) is 57.4 Å². The zero-order chi connectivity index (χ0) is 29.3. The van der Waals surface area contributed by atoms with Crippen LogP contribution in [0, 0.1) is 0 Å². The first-order valence-corrected chi connectivity index (χ1v) is 14.3. The average Bonchev–Trinajstić information content (AvgIpc) is 3.02. The Morgan fingerprint density at radius 2 is 1.79 bits per heavy atom. The highest BCUT2D eigenvalue weighted by molar-refractivity contribution is 6.05. The van der Waals surface area contributed by atoms with E-state index < -0.39 is 0 Å². The van der Waals surface area contributed by atoms with Crippen molar-refractivity contribution in [3.8, 4) is 0 Å². The summed E-state index contributed by atoms with van der Waals surface area (Å²) in [6, 6.07) is 14.1. The van der Waals surface area contributed by atoms with Gasteiger partial charge in [-0.15, -0.1) is 0 Å². The second kappa shape index (κ2) is 13.9. The molecule has 10 heteroatoms. The first kappa shape index (κ1) is 29.0. The number of nitrogen functional groups attached to an aromatic ring is 1. The largest absolute Gasteiger partial charge is 0.463 e. The second-order valence-corrected chi connectivity index (χ2v) is 10.6. The normalized spacial score (nSPS) is 17.2. The van der Waals surface area contributed by atoms with Crippen LogP contribution in [0.2, 0.25) is 0 Å². The number of nitrogens with one attached hydrogen (secondary N) is 2. The van der Waals surface area contributed by atoms with E-state index in [-0.39, 0.29) is 17.8 Å². The van der Waals surface area contributed by atoms with Gasteiger partial charge < -0.3 is 30.3 Å². The van der Waals surface area contributed by atoms with Gasteiger partial charge in [-0.2, -0.15) is 0 Å². The molecule has 5 rings (SSSR count). The number of benzene rings is 2. The van der Waals surface area contributed by atoms with Gasteiger partial charge >= 0.3 is 6.03 Å². The fourth-order valence-electron chi connectivity index (χ4n) is 4.89. The van der Waals surface area contributed by atoms with Gasteiger partial charge in [-0.25, -0.2) is 4.79 Å². The van der Waals surface area contributed by atoms with E-state index in [1.54, 1.807) is 35.4 Å². The lowest BCUT2D eigenvalue weighted by Gasteiger charge is -2.34. The molecule has 3 amide bonds. The van der Waals surface area contributed by atoms with Gasteiger partial charge in [-0.3, -0.25) is 15.0 Å². The molecule has 0 spiro atoms. The molecule has 0 bridgehead atoms. The number of ether oxygens (including phenoxy) is 2. The zero-order valence-corrected chi connectivity index (χ0v) is 23.9. The molecule has 220 valence electrons. The molecule has 4 N–H and O–H groups in total. The molecular weight excluding hydrogens is 532 g/mol. The summed E-state index contributed by atoms with van der Waals surface area (Å²) in [5, 5.41) is 5.72. The van der Waals surface area contributed by atoms with E-state index in [1.165, 1.54) is 6.26 Å². The van der Waals surface area contributed by atoms with Crippen LogP contribution in [0.25, 0.3) is 0 Å². The Kier molecular flexibility index (Phi) is 9.58. The Morgan fingerprint density at radius 1 is 1.00 bits per heavy atom. The fraction of sp³-hybridized carbons (Fsp3) is 0.312. The number of anilines is 2. The number of urea groups is 1. The minimum atomic E-state index is -0.292. The molecule has 1 saturated heterocycles. The quantitative estimate of drug-likeness (QED) is 0.387. The summed E-state index contributed by atoms with van der Waals surface area (Å²) in [4.78, 5) is 32.7. The highest BCUT2D eigenvalue weighted by Gasteiger charge is 2.22. The Hall–Kier alpha value is -4.54. The highest BCUT2D eigenvalue weighted by atomic mass is 16.6. The maximum absolute atomic E-state index is 13.5. The van der Waals surface area contributed by atoms with Crippen molar-refractivity contribution < 1.29 is 19.1 Å². The van der Waals surface area contributed by atoms with Crippen LogP contribution in [0.15, 0.2) is 96.5 Å². The molecule has 42 heavy (non-hydrogen) atoms. The third-order valence-electron chi connectivity index (χ3n) is 7.50. The molecule has 1 aliphatic carbocycles. The number of nitrogens with zero attached hydrogens (tertiary/aromatic N) is 3. The fourth-order valence-corrected chi connectivity index (χ4v) is 4.89. The van der Waals surface area contributed by atoms with Gasteiger partial charge in [0.05, 0.1) is 11.4 Å². The number of piperazine rings is 1. The van der Waals surface area contributed by atoms with Gasteiger partial charge in [0.25, 0.3) is 5.91 Å². The third-order valence-corrected chi connectivity index (χ3v) is 7.50. The number of para-hydroxylation sites is 2. The van der Waals surface area contributed by atoms with Crippen LogP contribution >= 0.6 is 0 Å². The first-order chi connectivity index (χ1) is 20.4. The zero-order valence-electron chi connectivity index (χ0n) is 23.9. The SMILES string of the molecule is CN1CCN(CCN(Cc2ccc(C(=O)Nc3ccccc3N)cc2)C(=O)NC2=COC=C(C3=CC=CCC3)O2)CC1. The molecule has 0 radical (unpaired) electrons. The van der Waals surface area contributed by atoms with E-state index in [0.717, 1.165) is 56.7 Å². The number of hydrogen-bond donors (Lipinski definition) is 3. The van der Waals surface area contributed by atoms with Crippen LogP contribution in [0.4, 0.5) is 16.2 Å². The van der Waals surface area contributed by atoms with Gasteiger partial charge in [0.15, 0.2) is 12.0 Å². The maximum atomic E-state index is 13.5. The van der Waals surface area contributed by atoms with Crippen LogP contribution in [0.5, 0.6) is 0 Å². The lowest BCUT2D eigenvalue weighted by atomic mass is 10.0. The Balaban J connectivity index is 1.23. The van der Waals surface area contributed by atoms with Gasteiger partial charge in [0.2, 0.25) is 5.88 Å². The van der Waals surface area contributed by atoms with Gasteiger partial charge in [-0.1, -0.05) is 42.5 Å². The summed E-state index contributed by atoms with van der Waals surface area (Å²) in [5.74, 6) is 0.579. The lowest BCUT2D eigenvalue weighted by Crippen LogP contribution is -2.48. The molecule has 0 unspecified atom stereocenters. The maximum Gasteiger partial charge on any atom is 0.324 e. The molecule has 0 aromatic heterocycles. The summed E-state index contributed by atoms with van der Waals surface area (Å²) >= 11 is 0. The van der Waals surface area contributed by atoms with Crippen LogP contribution in [0.3, 0.4) is 0 Å². The van der Waals surface area contributed by atoms with E-state index in [9.17, 15) is 9.59 Å². The third kappa shape index (κ3) is 7.80. The van der Waals surface area contributed by atoms with Crippen molar-refractivity contribution in [2.24, 2.45) is 0 Å². The van der Waals surface area contributed by atoms with Crippen molar-refractivity contribution in [1.29, 1.82) is 0 Å². The summed E-state index contributed by atoms with van der Waals surface area (Å²) in [6.45, 7) is 5.56.